The van der Waals surface area contributed by atoms with Gasteiger partial charge >= 0.3 is 0 Å². The van der Waals surface area contributed by atoms with Crippen molar-refractivity contribution in [2.24, 2.45) is 5.92 Å². The summed E-state index contributed by atoms with van der Waals surface area (Å²) in [5.41, 5.74) is 1.49. The van der Waals surface area contributed by atoms with Crippen LogP contribution < -0.4 is 5.32 Å². The zero-order chi connectivity index (χ0) is 13.1. The van der Waals surface area contributed by atoms with Crippen LogP contribution in [0.2, 0.25) is 0 Å². The maximum Gasteiger partial charge on any atom is 0.0950 e. The van der Waals surface area contributed by atoms with Gasteiger partial charge in [-0.1, -0.05) is 19.8 Å². The number of ether oxygens (including phenoxy) is 1. The topological polar surface area (TPSA) is 34.4 Å². The second-order valence-corrected chi connectivity index (χ2v) is 6.08. The molecule has 1 aromatic rings. The minimum Gasteiger partial charge on any atom is -0.472 e. The maximum absolute atomic E-state index is 6.15. The number of rotatable bonds is 4. The molecule has 3 heteroatoms. The Labute approximate surface area is 115 Å². The van der Waals surface area contributed by atoms with Gasteiger partial charge in [0.05, 0.1) is 18.1 Å². The van der Waals surface area contributed by atoms with Gasteiger partial charge in [-0.25, -0.2) is 0 Å². The monoisotopic (exact) mass is 263 g/mol. The zero-order valence-electron chi connectivity index (χ0n) is 11.9. The minimum atomic E-state index is 0.195. The smallest absolute Gasteiger partial charge is 0.0950 e. The lowest BCUT2D eigenvalue weighted by molar-refractivity contribution is -0.0981. The molecule has 3 nitrogen and oxygen atoms in total. The highest BCUT2D eigenvalue weighted by Crippen LogP contribution is 2.45. The number of hydrogen-bond acceptors (Lipinski definition) is 3. The molecular weight excluding hydrogens is 238 g/mol. The predicted octanol–water partition coefficient (Wildman–Crippen LogP) is 3.67. The van der Waals surface area contributed by atoms with Gasteiger partial charge in [-0.05, 0) is 44.2 Å². The SMILES string of the molecule is CCNC(c1ccoc1)C1CCOC2(CCCC2)C1. The number of hydrogen-bond donors (Lipinski definition) is 1. The molecule has 2 fully saturated rings. The molecule has 1 saturated heterocycles. The molecular formula is C16H25NO2. The second-order valence-electron chi connectivity index (χ2n) is 6.08. The maximum atomic E-state index is 6.15. The van der Waals surface area contributed by atoms with E-state index < -0.39 is 0 Å². The molecule has 1 N–H and O–H groups in total. The van der Waals surface area contributed by atoms with Crippen LogP contribution in [0.5, 0.6) is 0 Å². The van der Waals surface area contributed by atoms with E-state index in [1.54, 1.807) is 6.26 Å². The predicted molar refractivity (Wildman–Crippen MR) is 75.0 cm³/mol. The van der Waals surface area contributed by atoms with E-state index in [1.807, 2.05) is 6.26 Å². The van der Waals surface area contributed by atoms with E-state index >= 15 is 0 Å². The van der Waals surface area contributed by atoms with Crippen LogP contribution in [0.25, 0.3) is 0 Å². The van der Waals surface area contributed by atoms with Crippen LogP contribution in [0.1, 0.15) is 57.1 Å². The van der Waals surface area contributed by atoms with Crippen molar-refractivity contribution < 1.29 is 9.15 Å². The summed E-state index contributed by atoms with van der Waals surface area (Å²) in [6, 6.07) is 2.52. The van der Waals surface area contributed by atoms with Crippen LogP contribution in [-0.4, -0.2) is 18.8 Å². The van der Waals surface area contributed by atoms with Crippen LogP contribution in [0, 0.1) is 5.92 Å². The van der Waals surface area contributed by atoms with Crippen molar-refractivity contribution in [3.05, 3.63) is 24.2 Å². The quantitative estimate of drug-likeness (QED) is 0.900. The molecule has 2 atom stereocenters. The van der Waals surface area contributed by atoms with E-state index in [4.69, 9.17) is 9.15 Å². The van der Waals surface area contributed by atoms with Gasteiger partial charge in [0, 0.05) is 18.2 Å². The Kier molecular flexibility index (Phi) is 3.94. The van der Waals surface area contributed by atoms with Gasteiger partial charge in [0.2, 0.25) is 0 Å². The molecule has 0 amide bonds. The standard InChI is InChI=1S/C16H25NO2/c1-2-17-15(14-5-9-18-12-14)13-6-10-19-16(11-13)7-3-4-8-16/h5,9,12-13,15,17H,2-4,6-8,10-11H2,1H3. The molecule has 106 valence electrons. The van der Waals surface area contributed by atoms with Gasteiger partial charge in [0.25, 0.3) is 0 Å². The van der Waals surface area contributed by atoms with Crippen LogP contribution in [0.3, 0.4) is 0 Å². The van der Waals surface area contributed by atoms with Crippen molar-refractivity contribution in [2.45, 2.75) is 57.1 Å². The third-order valence-corrected chi connectivity index (χ3v) is 4.84. The summed E-state index contributed by atoms with van der Waals surface area (Å²) >= 11 is 0. The van der Waals surface area contributed by atoms with E-state index in [0.717, 1.165) is 19.6 Å². The lowest BCUT2D eigenvalue weighted by atomic mass is 9.79. The summed E-state index contributed by atoms with van der Waals surface area (Å²) in [5, 5.41) is 3.65. The summed E-state index contributed by atoms with van der Waals surface area (Å²) in [6.45, 7) is 4.10. The normalized spacial score (nSPS) is 27.7. The molecule has 1 aromatic heterocycles. The molecule has 0 bridgehead atoms. The highest BCUT2D eigenvalue weighted by atomic mass is 16.5. The van der Waals surface area contributed by atoms with E-state index in [-0.39, 0.29) is 5.60 Å². The lowest BCUT2D eigenvalue weighted by Gasteiger charge is -2.41. The molecule has 1 aliphatic heterocycles. The van der Waals surface area contributed by atoms with Gasteiger partial charge in [-0.15, -0.1) is 0 Å². The van der Waals surface area contributed by atoms with Crippen LogP contribution in [-0.2, 0) is 4.74 Å². The molecule has 0 aromatic carbocycles. The summed E-state index contributed by atoms with van der Waals surface area (Å²) in [7, 11) is 0. The Bertz CT molecular complexity index is 381. The lowest BCUT2D eigenvalue weighted by Crippen LogP contribution is -2.41. The van der Waals surface area contributed by atoms with Crippen molar-refractivity contribution in [2.75, 3.05) is 13.2 Å². The number of nitrogens with one attached hydrogen (secondary N) is 1. The Hall–Kier alpha value is -0.800. The Morgan fingerprint density at radius 2 is 2.26 bits per heavy atom. The Morgan fingerprint density at radius 3 is 2.95 bits per heavy atom. The molecule has 2 heterocycles. The van der Waals surface area contributed by atoms with E-state index in [0.29, 0.717) is 12.0 Å². The van der Waals surface area contributed by atoms with Gasteiger partial charge in [0.1, 0.15) is 0 Å². The van der Waals surface area contributed by atoms with Crippen molar-refractivity contribution >= 4 is 0 Å². The fraction of sp³-hybridized carbons (Fsp3) is 0.750. The van der Waals surface area contributed by atoms with E-state index in [1.165, 1.54) is 37.7 Å². The number of furan rings is 1. The van der Waals surface area contributed by atoms with E-state index in [9.17, 15) is 0 Å². The minimum absolute atomic E-state index is 0.195. The third kappa shape index (κ3) is 2.72. The molecule has 1 spiro atoms. The van der Waals surface area contributed by atoms with Crippen molar-refractivity contribution in [3.8, 4) is 0 Å². The molecule has 2 aliphatic rings. The highest BCUT2D eigenvalue weighted by molar-refractivity contribution is 5.14. The largest absolute Gasteiger partial charge is 0.472 e. The summed E-state index contributed by atoms with van der Waals surface area (Å²) in [6.07, 6.45) is 11.2. The Morgan fingerprint density at radius 1 is 1.42 bits per heavy atom. The first-order chi connectivity index (χ1) is 9.33. The average Bonchev–Trinajstić information content (AvgIpc) is 3.08. The highest BCUT2D eigenvalue weighted by Gasteiger charge is 2.42. The summed E-state index contributed by atoms with van der Waals surface area (Å²) < 4.78 is 11.4. The summed E-state index contributed by atoms with van der Waals surface area (Å²) in [4.78, 5) is 0. The summed E-state index contributed by atoms with van der Waals surface area (Å²) in [5.74, 6) is 0.671. The first kappa shape index (κ1) is 13.2. The van der Waals surface area contributed by atoms with Crippen molar-refractivity contribution in [1.82, 2.24) is 5.32 Å². The zero-order valence-corrected chi connectivity index (χ0v) is 11.9. The molecule has 19 heavy (non-hydrogen) atoms. The molecule has 1 aliphatic carbocycles. The van der Waals surface area contributed by atoms with Crippen molar-refractivity contribution in [1.29, 1.82) is 0 Å². The van der Waals surface area contributed by atoms with Gasteiger partial charge in [0.15, 0.2) is 0 Å². The fourth-order valence-corrected chi connectivity index (χ4v) is 3.95. The van der Waals surface area contributed by atoms with Crippen LogP contribution >= 0.6 is 0 Å². The van der Waals surface area contributed by atoms with Gasteiger partial charge in [-0.2, -0.15) is 0 Å². The molecule has 2 unspecified atom stereocenters. The van der Waals surface area contributed by atoms with Crippen molar-refractivity contribution in [3.63, 3.8) is 0 Å². The van der Waals surface area contributed by atoms with Crippen LogP contribution in [0.15, 0.2) is 23.0 Å². The molecule has 0 radical (unpaired) electrons. The van der Waals surface area contributed by atoms with E-state index in [2.05, 4.69) is 18.3 Å². The first-order valence-corrected chi connectivity index (χ1v) is 7.72. The van der Waals surface area contributed by atoms with Crippen LogP contribution in [0.4, 0.5) is 0 Å². The van der Waals surface area contributed by atoms with Gasteiger partial charge < -0.3 is 14.5 Å². The molecule has 3 rings (SSSR count). The fourth-order valence-electron chi connectivity index (χ4n) is 3.95. The van der Waals surface area contributed by atoms with Gasteiger partial charge in [-0.3, -0.25) is 0 Å². The second kappa shape index (κ2) is 5.68. The third-order valence-electron chi connectivity index (χ3n) is 4.84. The Balaban J connectivity index is 1.74. The average molecular weight is 263 g/mol. The molecule has 1 saturated carbocycles. The first-order valence-electron chi connectivity index (χ1n) is 7.72.